The molecule has 9 nitrogen and oxygen atoms in total. The maximum atomic E-state index is 13.0. The lowest BCUT2D eigenvalue weighted by atomic mass is 9.98. The number of anilines is 2. The number of nitrogens with one attached hydrogen (secondary N) is 2. The summed E-state index contributed by atoms with van der Waals surface area (Å²) >= 11 is 1.27. The number of fused-ring (bicyclic) bond motifs is 2. The van der Waals surface area contributed by atoms with Gasteiger partial charge in [-0.25, -0.2) is 4.98 Å². The molecule has 2 amide bonds. The Morgan fingerprint density at radius 3 is 2.91 bits per heavy atom. The number of aryl methyl sites for hydroxylation is 2. The molecule has 0 unspecified atom stereocenters. The minimum atomic E-state index is -0.285. The van der Waals surface area contributed by atoms with Gasteiger partial charge < -0.3 is 15.5 Å². The van der Waals surface area contributed by atoms with Gasteiger partial charge in [0.25, 0.3) is 5.56 Å². The molecule has 0 spiro atoms. The molecule has 1 saturated heterocycles. The SMILES string of the molecule is CNC(=O)[C@H]1CCCN(c2nc3ncn(CC(=O)Nc4ccc5c(c4)CCC5)c(=O)c3s2)C1. The first kappa shape index (κ1) is 21.6. The molecular weight excluding hydrogens is 440 g/mol. The van der Waals surface area contributed by atoms with Crippen LogP contribution in [-0.2, 0) is 29.0 Å². The lowest BCUT2D eigenvalue weighted by Gasteiger charge is -2.31. The summed E-state index contributed by atoms with van der Waals surface area (Å²) in [6.45, 7) is 1.23. The standard InChI is InChI=1S/C23H26N6O3S/c1-24-21(31)16-6-3-9-28(11-16)23-27-20-19(33-23)22(32)29(13-25-20)12-18(30)26-17-8-7-14-4-2-5-15(14)10-17/h7-8,10,13,16H,2-6,9,11-12H2,1H3,(H,24,31)(H,26,30)/t16-/m0/s1. The lowest BCUT2D eigenvalue weighted by Crippen LogP contribution is -2.42. The van der Waals surface area contributed by atoms with Gasteiger partial charge >= 0.3 is 0 Å². The maximum Gasteiger partial charge on any atom is 0.273 e. The van der Waals surface area contributed by atoms with Gasteiger partial charge in [-0.05, 0) is 55.4 Å². The monoisotopic (exact) mass is 466 g/mol. The molecule has 172 valence electrons. The van der Waals surface area contributed by atoms with Crippen molar-refractivity contribution in [1.82, 2.24) is 19.9 Å². The van der Waals surface area contributed by atoms with Crippen molar-refractivity contribution in [3.8, 4) is 0 Å². The van der Waals surface area contributed by atoms with Gasteiger partial charge in [-0.3, -0.25) is 19.0 Å². The van der Waals surface area contributed by atoms with Gasteiger partial charge in [-0.2, -0.15) is 4.98 Å². The van der Waals surface area contributed by atoms with E-state index in [2.05, 4.69) is 26.7 Å². The summed E-state index contributed by atoms with van der Waals surface area (Å²) in [5, 5.41) is 6.28. The Kier molecular flexibility index (Phi) is 5.84. The minimum absolute atomic E-state index is 0.0238. The predicted octanol–water partition coefficient (Wildman–Crippen LogP) is 1.94. The summed E-state index contributed by atoms with van der Waals surface area (Å²) < 4.78 is 1.73. The highest BCUT2D eigenvalue weighted by molar-refractivity contribution is 7.22. The van der Waals surface area contributed by atoms with Crippen LogP contribution >= 0.6 is 11.3 Å². The number of benzene rings is 1. The number of hydrogen-bond acceptors (Lipinski definition) is 7. The summed E-state index contributed by atoms with van der Waals surface area (Å²) in [4.78, 5) is 48.5. The van der Waals surface area contributed by atoms with Crippen LogP contribution in [0.3, 0.4) is 0 Å². The Bertz CT molecular complexity index is 1280. The molecule has 1 aliphatic carbocycles. The number of carbonyl (C=O) groups is 2. The Morgan fingerprint density at radius 1 is 1.21 bits per heavy atom. The molecule has 3 aromatic rings. The fraction of sp³-hybridized carbons (Fsp3) is 0.435. The molecule has 0 saturated carbocycles. The third kappa shape index (κ3) is 4.35. The Hall–Kier alpha value is -3.27. The molecule has 1 aromatic carbocycles. The van der Waals surface area contributed by atoms with E-state index in [1.807, 2.05) is 17.0 Å². The second kappa shape index (κ2) is 8.93. The molecule has 3 heterocycles. The van der Waals surface area contributed by atoms with Crippen LogP contribution in [0.4, 0.5) is 10.8 Å². The first-order valence-electron chi connectivity index (χ1n) is 11.3. The number of piperidine rings is 1. The summed E-state index contributed by atoms with van der Waals surface area (Å²) in [6, 6.07) is 5.99. The van der Waals surface area contributed by atoms with Crippen LogP contribution in [-0.4, -0.2) is 46.5 Å². The maximum absolute atomic E-state index is 13.0. The average molecular weight is 467 g/mol. The van der Waals surface area contributed by atoms with E-state index in [1.165, 1.54) is 33.4 Å². The van der Waals surface area contributed by atoms with Crippen molar-refractivity contribution in [2.75, 3.05) is 30.4 Å². The van der Waals surface area contributed by atoms with Gasteiger partial charge in [0, 0.05) is 25.8 Å². The van der Waals surface area contributed by atoms with Crippen LogP contribution in [0.5, 0.6) is 0 Å². The summed E-state index contributed by atoms with van der Waals surface area (Å²) in [5.74, 6) is -0.343. The zero-order valence-corrected chi connectivity index (χ0v) is 19.3. The van der Waals surface area contributed by atoms with Gasteiger partial charge in [-0.15, -0.1) is 0 Å². The largest absolute Gasteiger partial charge is 0.359 e. The molecule has 2 aromatic heterocycles. The van der Waals surface area contributed by atoms with E-state index >= 15 is 0 Å². The Labute approximate surface area is 194 Å². The number of hydrogen-bond donors (Lipinski definition) is 2. The molecular formula is C23H26N6O3S. The van der Waals surface area contributed by atoms with Gasteiger partial charge in [0.1, 0.15) is 17.6 Å². The van der Waals surface area contributed by atoms with E-state index in [1.54, 1.807) is 7.05 Å². The van der Waals surface area contributed by atoms with E-state index in [-0.39, 0.29) is 29.8 Å². The second-order valence-corrected chi connectivity index (χ2v) is 9.59. The van der Waals surface area contributed by atoms with E-state index < -0.39 is 0 Å². The average Bonchev–Trinajstić information content (AvgIpc) is 3.47. The van der Waals surface area contributed by atoms with E-state index in [0.29, 0.717) is 22.0 Å². The first-order valence-corrected chi connectivity index (χ1v) is 12.1. The third-order valence-electron chi connectivity index (χ3n) is 6.38. The molecule has 33 heavy (non-hydrogen) atoms. The Balaban J connectivity index is 1.31. The lowest BCUT2D eigenvalue weighted by molar-refractivity contribution is -0.124. The molecule has 10 heteroatoms. The first-order chi connectivity index (χ1) is 16.0. The van der Waals surface area contributed by atoms with Crippen molar-refractivity contribution in [3.05, 3.63) is 46.0 Å². The normalized spacial score (nSPS) is 17.7. The van der Waals surface area contributed by atoms with Crippen LogP contribution in [0.1, 0.15) is 30.4 Å². The number of nitrogens with zero attached hydrogens (tertiary/aromatic N) is 4. The van der Waals surface area contributed by atoms with Crippen molar-refractivity contribution in [1.29, 1.82) is 0 Å². The summed E-state index contributed by atoms with van der Waals surface area (Å²) in [6.07, 6.45) is 6.37. The zero-order valence-electron chi connectivity index (χ0n) is 18.5. The second-order valence-electron chi connectivity index (χ2n) is 8.61. The quantitative estimate of drug-likeness (QED) is 0.595. The van der Waals surface area contributed by atoms with Crippen LogP contribution in [0.2, 0.25) is 0 Å². The molecule has 1 atom stereocenters. The van der Waals surface area contributed by atoms with Crippen LogP contribution in [0.15, 0.2) is 29.3 Å². The fourth-order valence-corrected chi connectivity index (χ4v) is 5.66. The summed E-state index contributed by atoms with van der Waals surface area (Å²) in [7, 11) is 1.64. The molecule has 1 fully saturated rings. The molecule has 2 N–H and O–H groups in total. The highest BCUT2D eigenvalue weighted by atomic mass is 32.1. The molecule has 2 aliphatic rings. The molecule has 0 radical (unpaired) electrons. The van der Waals surface area contributed by atoms with Crippen LogP contribution in [0, 0.1) is 5.92 Å². The number of thiazole rings is 1. The van der Waals surface area contributed by atoms with Crippen molar-refractivity contribution in [2.24, 2.45) is 5.92 Å². The highest BCUT2D eigenvalue weighted by Gasteiger charge is 2.27. The highest BCUT2D eigenvalue weighted by Crippen LogP contribution is 2.29. The van der Waals surface area contributed by atoms with E-state index in [4.69, 9.17) is 0 Å². The van der Waals surface area contributed by atoms with E-state index in [9.17, 15) is 14.4 Å². The Morgan fingerprint density at radius 2 is 2.06 bits per heavy atom. The zero-order chi connectivity index (χ0) is 22.9. The number of amides is 2. The minimum Gasteiger partial charge on any atom is -0.359 e. The van der Waals surface area contributed by atoms with Crippen molar-refractivity contribution >= 4 is 44.3 Å². The van der Waals surface area contributed by atoms with Gasteiger partial charge in [0.2, 0.25) is 11.8 Å². The van der Waals surface area contributed by atoms with Crippen molar-refractivity contribution in [2.45, 2.75) is 38.6 Å². The predicted molar refractivity (Wildman–Crippen MR) is 128 cm³/mol. The van der Waals surface area contributed by atoms with Gasteiger partial charge in [-0.1, -0.05) is 17.4 Å². The number of rotatable bonds is 5. The number of carbonyl (C=O) groups excluding carboxylic acids is 2. The third-order valence-corrected chi connectivity index (χ3v) is 7.47. The number of aromatic nitrogens is 3. The van der Waals surface area contributed by atoms with Gasteiger partial charge in [0.05, 0.1) is 5.92 Å². The van der Waals surface area contributed by atoms with Crippen LogP contribution in [0.25, 0.3) is 10.3 Å². The van der Waals surface area contributed by atoms with Gasteiger partial charge in [0.15, 0.2) is 10.8 Å². The fourth-order valence-electron chi connectivity index (χ4n) is 4.66. The van der Waals surface area contributed by atoms with Crippen molar-refractivity contribution < 1.29 is 9.59 Å². The topological polar surface area (TPSA) is 109 Å². The smallest absolute Gasteiger partial charge is 0.273 e. The van der Waals surface area contributed by atoms with Crippen molar-refractivity contribution in [3.63, 3.8) is 0 Å². The molecule has 5 rings (SSSR count). The summed E-state index contributed by atoms with van der Waals surface area (Å²) in [5.41, 5.74) is 3.46. The molecule has 0 bridgehead atoms. The van der Waals surface area contributed by atoms with Crippen LogP contribution < -0.4 is 21.1 Å². The van der Waals surface area contributed by atoms with E-state index in [0.717, 1.165) is 44.3 Å². The molecule has 1 aliphatic heterocycles.